The van der Waals surface area contributed by atoms with E-state index in [-0.39, 0.29) is 6.04 Å². The fourth-order valence-electron chi connectivity index (χ4n) is 2.32. The third-order valence-electron chi connectivity index (χ3n) is 3.64. The van der Waals surface area contributed by atoms with E-state index in [1.807, 2.05) is 20.8 Å². The van der Waals surface area contributed by atoms with Crippen molar-refractivity contribution in [1.29, 1.82) is 0 Å². The molecule has 0 heterocycles. The molecule has 25 heavy (non-hydrogen) atoms. The number of hydrogen-bond donors (Lipinski definition) is 1. The number of alkyl carbamates (subject to hydrolysis) is 1. The second kappa shape index (κ2) is 15.4. The third kappa shape index (κ3) is 17.8. The standard InChI is InChI=1S/C20H41NO4/c1-6-8-10-12-14-23-16-18(17-24-15-13-11-9-7-2)21-19(22)25-20(3,4)5/h18H,6-17H2,1-5H3,(H,21,22). The molecule has 0 spiro atoms. The maximum atomic E-state index is 12.0. The van der Waals surface area contributed by atoms with Gasteiger partial charge in [-0.2, -0.15) is 0 Å². The molecule has 0 aromatic carbocycles. The first kappa shape index (κ1) is 24.2. The summed E-state index contributed by atoms with van der Waals surface area (Å²) in [4.78, 5) is 12.0. The van der Waals surface area contributed by atoms with Crippen LogP contribution in [0, 0.1) is 0 Å². The summed E-state index contributed by atoms with van der Waals surface area (Å²) in [7, 11) is 0. The van der Waals surface area contributed by atoms with Gasteiger partial charge in [-0.05, 0) is 33.6 Å². The van der Waals surface area contributed by atoms with Gasteiger partial charge in [0.15, 0.2) is 0 Å². The molecule has 5 nitrogen and oxygen atoms in total. The molecule has 0 aliphatic rings. The van der Waals surface area contributed by atoms with Gasteiger partial charge in [0.1, 0.15) is 5.60 Å². The van der Waals surface area contributed by atoms with Crippen molar-refractivity contribution in [1.82, 2.24) is 5.32 Å². The zero-order valence-electron chi connectivity index (χ0n) is 17.2. The molecule has 0 fully saturated rings. The molecule has 0 aromatic heterocycles. The van der Waals surface area contributed by atoms with E-state index in [1.165, 1.54) is 38.5 Å². The lowest BCUT2D eigenvalue weighted by atomic mass is 10.2. The lowest BCUT2D eigenvalue weighted by molar-refractivity contribution is 0.0278. The van der Waals surface area contributed by atoms with Crippen LogP contribution in [0.25, 0.3) is 0 Å². The van der Waals surface area contributed by atoms with Crippen LogP contribution < -0.4 is 5.32 Å². The molecule has 0 radical (unpaired) electrons. The van der Waals surface area contributed by atoms with Crippen LogP contribution in [0.15, 0.2) is 0 Å². The number of ether oxygens (including phenoxy) is 3. The monoisotopic (exact) mass is 359 g/mol. The molecule has 0 saturated carbocycles. The molecule has 0 atom stereocenters. The van der Waals surface area contributed by atoms with Crippen molar-refractivity contribution in [3.63, 3.8) is 0 Å². The molecule has 150 valence electrons. The molecule has 0 aliphatic heterocycles. The number of nitrogens with one attached hydrogen (secondary N) is 1. The normalized spacial score (nSPS) is 11.8. The number of unbranched alkanes of at least 4 members (excludes halogenated alkanes) is 6. The Morgan fingerprint density at radius 1 is 0.840 bits per heavy atom. The maximum Gasteiger partial charge on any atom is 0.408 e. The average molecular weight is 360 g/mol. The zero-order chi connectivity index (χ0) is 19.0. The second-order valence-electron chi connectivity index (χ2n) is 7.61. The Morgan fingerprint density at radius 3 is 1.72 bits per heavy atom. The average Bonchev–Trinajstić information content (AvgIpc) is 2.51. The van der Waals surface area contributed by atoms with Crippen LogP contribution in [0.1, 0.15) is 86.0 Å². The smallest absolute Gasteiger partial charge is 0.408 e. The summed E-state index contributed by atoms with van der Waals surface area (Å²) in [5.41, 5.74) is -0.503. The minimum absolute atomic E-state index is 0.174. The lowest BCUT2D eigenvalue weighted by Crippen LogP contribution is -2.44. The summed E-state index contributed by atoms with van der Waals surface area (Å²) in [6.07, 6.45) is 9.00. The van der Waals surface area contributed by atoms with E-state index >= 15 is 0 Å². The largest absolute Gasteiger partial charge is 0.444 e. The molecule has 1 N–H and O–H groups in total. The van der Waals surface area contributed by atoms with Gasteiger partial charge in [0.2, 0.25) is 0 Å². The Kier molecular flexibility index (Phi) is 14.9. The molecule has 0 rings (SSSR count). The highest BCUT2D eigenvalue weighted by molar-refractivity contribution is 5.68. The summed E-state index contributed by atoms with van der Waals surface area (Å²) < 4.78 is 16.8. The van der Waals surface area contributed by atoms with Crippen LogP contribution >= 0.6 is 0 Å². The van der Waals surface area contributed by atoms with Crippen molar-refractivity contribution in [3.8, 4) is 0 Å². The highest BCUT2D eigenvalue weighted by Crippen LogP contribution is 2.07. The van der Waals surface area contributed by atoms with Gasteiger partial charge in [-0.25, -0.2) is 4.79 Å². The van der Waals surface area contributed by atoms with Crippen molar-refractivity contribution >= 4 is 6.09 Å². The van der Waals surface area contributed by atoms with E-state index in [1.54, 1.807) is 0 Å². The Morgan fingerprint density at radius 2 is 1.32 bits per heavy atom. The van der Waals surface area contributed by atoms with Gasteiger partial charge in [-0.15, -0.1) is 0 Å². The van der Waals surface area contributed by atoms with Crippen molar-refractivity contribution in [3.05, 3.63) is 0 Å². The number of hydrogen-bond acceptors (Lipinski definition) is 4. The highest BCUT2D eigenvalue weighted by atomic mass is 16.6. The number of amides is 1. The Bertz CT molecular complexity index is 299. The third-order valence-corrected chi connectivity index (χ3v) is 3.64. The summed E-state index contributed by atoms with van der Waals surface area (Å²) in [5.74, 6) is 0. The first-order valence-corrected chi connectivity index (χ1v) is 10.0. The fraction of sp³-hybridized carbons (Fsp3) is 0.950. The summed E-state index contributed by atoms with van der Waals surface area (Å²) in [6.45, 7) is 12.3. The van der Waals surface area contributed by atoms with Crippen LogP contribution in [0.3, 0.4) is 0 Å². The van der Waals surface area contributed by atoms with Crippen LogP contribution in [0.2, 0.25) is 0 Å². The number of rotatable bonds is 15. The van der Waals surface area contributed by atoms with E-state index in [9.17, 15) is 4.79 Å². The maximum absolute atomic E-state index is 12.0. The van der Waals surface area contributed by atoms with Crippen molar-refractivity contribution in [2.75, 3.05) is 26.4 Å². The SMILES string of the molecule is CCCCCCOCC(COCCCCCC)NC(=O)OC(C)(C)C. The van der Waals surface area contributed by atoms with Gasteiger partial charge in [0.25, 0.3) is 0 Å². The summed E-state index contributed by atoms with van der Waals surface area (Å²) in [6, 6.07) is -0.174. The minimum Gasteiger partial charge on any atom is -0.444 e. The van der Waals surface area contributed by atoms with Gasteiger partial charge in [0.05, 0.1) is 19.3 Å². The molecule has 0 aliphatic carbocycles. The predicted octanol–water partition coefficient (Wildman–Crippen LogP) is 5.07. The van der Waals surface area contributed by atoms with Gasteiger partial charge in [-0.1, -0.05) is 52.4 Å². The molecule has 0 unspecified atom stereocenters. The minimum atomic E-state index is -0.503. The van der Waals surface area contributed by atoms with E-state index in [0.717, 1.165) is 26.1 Å². The fourth-order valence-corrected chi connectivity index (χ4v) is 2.32. The molecule has 0 bridgehead atoms. The molecular formula is C20H41NO4. The quantitative estimate of drug-likeness (QED) is 0.415. The Hall–Kier alpha value is -0.810. The first-order chi connectivity index (χ1) is 11.9. The van der Waals surface area contributed by atoms with E-state index in [4.69, 9.17) is 14.2 Å². The van der Waals surface area contributed by atoms with Gasteiger partial charge in [-0.3, -0.25) is 0 Å². The molecule has 1 amide bonds. The van der Waals surface area contributed by atoms with E-state index < -0.39 is 11.7 Å². The van der Waals surface area contributed by atoms with E-state index in [2.05, 4.69) is 19.2 Å². The summed E-state index contributed by atoms with van der Waals surface area (Å²) >= 11 is 0. The zero-order valence-corrected chi connectivity index (χ0v) is 17.2. The van der Waals surface area contributed by atoms with Crippen LogP contribution in [-0.2, 0) is 14.2 Å². The Balaban J connectivity index is 4.10. The Labute approximate surface area is 155 Å². The number of carbonyl (C=O) groups excluding carboxylic acids is 1. The molecule has 5 heteroatoms. The lowest BCUT2D eigenvalue weighted by Gasteiger charge is -2.23. The number of carbonyl (C=O) groups is 1. The van der Waals surface area contributed by atoms with Crippen molar-refractivity contribution in [2.45, 2.75) is 97.6 Å². The molecule has 0 aromatic rings. The van der Waals surface area contributed by atoms with Gasteiger partial charge in [0, 0.05) is 13.2 Å². The van der Waals surface area contributed by atoms with Crippen LogP contribution in [0.4, 0.5) is 4.79 Å². The van der Waals surface area contributed by atoms with Crippen LogP contribution in [-0.4, -0.2) is 44.2 Å². The predicted molar refractivity (Wildman–Crippen MR) is 103 cm³/mol. The van der Waals surface area contributed by atoms with Gasteiger partial charge >= 0.3 is 6.09 Å². The summed E-state index contributed by atoms with van der Waals surface area (Å²) in [5, 5.41) is 2.87. The van der Waals surface area contributed by atoms with Crippen LogP contribution in [0.5, 0.6) is 0 Å². The first-order valence-electron chi connectivity index (χ1n) is 10.0. The molecular weight excluding hydrogens is 318 g/mol. The van der Waals surface area contributed by atoms with Crippen molar-refractivity contribution in [2.24, 2.45) is 0 Å². The topological polar surface area (TPSA) is 56.8 Å². The van der Waals surface area contributed by atoms with Gasteiger partial charge < -0.3 is 19.5 Å². The second-order valence-corrected chi connectivity index (χ2v) is 7.61. The highest BCUT2D eigenvalue weighted by Gasteiger charge is 2.19. The van der Waals surface area contributed by atoms with Crippen molar-refractivity contribution < 1.29 is 19.0 Å². The van der Waals surface area contributed by atoms with E-state index in [0.29, 0.717) is 13.2 Å². The molecule has 0 saturated heterocycles.